The van der Waals surface area contributed by atoms with Gasteiger partial charge in [0.05, 0.1) is 36.6 Å². The summed E-state index contributed by atoms with van der Waals surface area (Å²) in [5.74, 6) is -0.649. The molecule has 4 rings (SSSR count). The summed E-state index contributed by atoms with van der Waals surface area (Å²) in [7, 11) is -2.22. The third-order valence-electron chi connectivity index (χ3n) is 6.44. The lowest BCUT2D eigenvalue weighted by Gasteiger charge is -2.24. The number of nitrogens with one attached hydrogen (secondary N) is 3. The third kappa shape index (κ3) is 7.32. The first-order valence-corrected chi connectivity index (χ1v) is 15.0. The summed E-state index contributed by atoms with van der Waals surface area (Å²) in [5, 5.41) is 13.8. The van der Waals surface area contributed by atoms with Gasteiger partial charge in [-0.15, -0.1) is 5.10 Å². The normalized spacial score (nSPS) is 11.6. The zero-order valence-corrected chi connectivity index (χ0v) is 25.2. The van der Waals surface area contributed by atoms with E-state index < -0.39 is 15.9 Å². The molecule has 12 heteroatoms. The number of benzene rings is 3. The molecule has 0 aliphatic heterocycles. The first-order chi connectivity index (χ1) is 19.7. The lowest BCUT2D eigenvalue weighted by Crippen LogP contribution is -2.23. The van der Waals surface area contributed by atoms with Crippen LogP contribution in [0.25, 0.3) is 5.69 Å². The number of carbonyl (C=O) groups excluding carboxylic acids is 2. The molecule has 4 aromatic rings. The van der Waals surface area contributed by atoms with Crippen molar-refractivity contribution < 1.29 is 22.7 Å². The number of hydrogen-bond acceptors (Lipinski definition) is 7. The molecule has 11 nitrogen and oxygen atoms in total. The molecule has 0 bridgehead atoms. The second-order valence-corrected chi connectivity index (χ2v) is 12.6. The molecule has 0 spiro atoms. The van der Waals surface area contributed by atoms with E-state index in [1.165, 1.54) is 18.0 Å². The van der Waals surface area contributed by atoms with Gasteiger partial charge in [0.1, 0.15) is 0 Å². The van der Waals surface area contributed by atoms with Gasteiger partial charge in [-0.2, -0.15) is 0 Å². The molecule has 2 amide bonds. The summed E-state index contributed by atoms with van der Waals surface area (Å²) >= 11 is 0. The number of amides is 2. The second kappa shape index (κ2) is 12.0. The van der Waals surface area contributed by atoms with Crippen molar-refractivity contribution in [1.29, 1.82) is 0 Å². The predicted molar refractivity (Wildman–Crippen MR) is 162 cm³/mol. The van der Waals surface area contributed by atoms with Crippen molar-refractivity contribution in [3.8, 4) is 11.4 Å². The van der Waals surface area contributed by atoms with E-state index >= 15 is 0 Å². The van der Waals surface area contributed by atoms with Crippen LogP contribution in [0.3, 0.4) is 0 Å². The molecule has 0 saturated carbocycles. The van der Waals surface area contributed by atoms with Crippen LogP contribution in [0.4, 0.5) is 11.4 Å². The van der Waals surface area contributed by atoms with E-state index in [0.29, 0.717) is 23.5 Å². The maximum absolute atomic E-state index is 13.5. The number of hydrogen-bond donors (Lipinski definition) is 3. The van der Waals surface area contributed by atoms with E-state index in [1.54, 1.807) is 30.3 Å². The van der Waals surface area contributed by atoms with Crippen molar-refractivity contribution in [1.82, 2.24) is 20.3 Å². The lowest BCUT2D eigenvalue weighted by atomic mass is 9.86. The zero-order chi connectivity index (χ0) is 30.7. The Hall–Kier alpha value is -4.71. The Balaban J connectivity index is 1.60. The van der Waals surface area contributed by atoms with Crippen LogP contribution in [0, 0.1) is 6.92 Å². The number of anilines is 2. The quantitative estimate of drug-likeness (QED) is 0.261. The molecule has 0 aliphatic carbocycles. The molecule has 42 heavy (non-hydrogen) atoms. The van der Waals surface area contributed by atoms with Crippen molar-refractivity contribution in [2.24, 2.45) is 0 Å². The average molecular weight is 591 g/mol. The van der Waals surface area contributed by atoms with Crippen LogP contribution in [0.5, 0.6) is 5.75 Å². The zero-order valence-electron chi connectivity index (χ0n) is 24.3. The molecule has 0 atom stereocenters. The Bertz CT molecular complexity index is 1730. The highest BCUT2D eigenvalue weighted by Gasteiger charge is 2.23. The predicted octanol–water partition coefficient (Wildman–Crippen LogP) is 4.44. The molecule has 1 aromatic heterocycles. The maximum Gasteiger partial charge on any atom is 0.273 e. The standard InChI is InChI=1S/C30H34N6O5S/c1-19-12-13-21(14-26(19)36-18-25(33-35-36)29(38)31-17-20-10-8-7-9-11-20)28(37)32-23-15-22(30(2,3)4)16-24(27(23)41-5)34-42(6,39)40/h7-16,18,34H,17H2,1-6H3,(H,31,38)(H,32,37). The Labute approximate surface area is 245 Å². The van der Waals surface area contributed by atoms with Crippen LogP contribution in [0.15, 0.2) is 66.9 Å². The Morgan fingerprint density at radius 2 is 1.67 bits per heavy atom. The SMILES string of the molecule is COc1c(NC(=O)c2ccc(C)c(-n3cc(C(=O)NCc4ccccc4)nn3)c2)cc(C(C)(C)C)cc1NS(C)(=O)=O. The summed E-state index contributed by atoms with van der Waals surface area (Å²) in [4.78, 5) is 26.1. The van der Waals surface area contributed by atoms with E-state index in [2.05, 4.69) is 25.7 Å². The molecule has 220 valence electrons. The van der Waals surface area contributed by atoms with Crippen LogP contribution < -0.4 is 20.1 Å². The minimum Gasteiger partial charge on any atom is -0.492 e. The van der Waals surface area contributed by atoms with Crippen molar-refractivity contribution in [2.45, 2.75) is 39.7 Å². The topological polar surface area (TPSA) is 144 Å². The van der Waals surface area contributed by atoms with E-state index in [-0.39, 0.29) is 28.5 Å². The third-order valence-corrected chi connectivity index (χ3v) is 7.03. The smallest absolute Gasteiger partial charge is 0.273 e. The van der Waals surface area contributed by atoms with E-state index in [1.807, 2.05) is 58.0 Å². The molecule has 0 fully saturated rings. The first-order valence-electron chi connectivity index (χ1n) is 13.1. The maximum atomic E-state index is 13.5. The monoisotopic (exact) mass is 590 g/mol. The number of ether oxygens (including phenoxy) is 1. The molecule has 3 aromatic carbocycles. The van der Waals surface area contributed by atoms with Crippen LogP contribution in [-0.2, 0) is 22.0 Å². The molecule has 0 unspecified atom stereocenters. The first kappa shape index (κ1) is 30.3. The van der Waals surface area contributed by atoms with Crippen LogP contribution in [-0.4, -0.2) is 48.6 Å². The summed E-state index contributed by atoms with van der Waals surface area (Å²) in [6, 6.07) is 18.0. The Morgan fingerprint density at radius 1 is 0.976 bits per heavy atom. The number of aromatic nitrogens is 3. The molecule has 1 heterocycles. The van der Waals surface area contributed by atoms with Gasteiger partial charge in [0.15, 0.2) is 11.4 Å². The number of rotatable bonds is 9. The fraction of sp³-hybridized carbons (Fsp3) is 0.267. The summed E-state index contributed by atoms with van der Waals surface area (Å²) in [6.07, 6.45) is 2.55. The van der Waals surface area contributed by atoms with Crippen molar-refractivity contribution in [3.05, 3.63) is 94.8 Å². The average Bonchev–Trinajstić information content (AvgIpc) is 3.41. The van der Waals surface area contributed by atoms with Crippen molar-refractivity contribution >= 4 is 33.2 Å². The van der Waals surface area contributed by atoms with Crippen LogP contribution in [0.2, 0.25) is 0 Å². The molecule has 3 N–H and O–H groups in total. The van der Waals surface area contributed by atoms with Gasteiger partial charge in [0.2, 0.25) is 10.0 Å². The van der Waals surface area contributed by atoms with Gasteiger partial charge in [0.25, 0.3) is 11.8 Å². The fourth-order valence-electron chi connectivity index (χ4n) is 4.20. The number of sulfonamides is 1. The molecular formula is C30H34N6O5S. The van der Waals surface area contributed by atoms with Crippen molar-refractivity contribution in [3.63, 3.8) is 0 Å². The van der Waals surface area contributed by atoms with Gasteiger partial charge in [-0.05, 0) is 53.3 Å². The number of methoxy groups -OCH3 is 1. The molecular weight excluding hydrogens is 556 g/mol. The fourth-order valence-corrected chi connectivity index (χ4v) is 4.75. The molecule has 0 radical (unpaired) electrons. The van der Waals surface area contributed by atoms with Crippen LogP contribution >= 0.6 is 0 Å². The van der Waals surface area contributed by atoms with Gasteiger partial charge in [0, 0.05) is 12.1 Å². The van der Waals surface area contributed by atoms with E-state index in [4.69, 9.17) is 4.74 Å². The lowest BCUT2D eigenvalue weighted by molar-refractivity contribution is 0.0945. The number of aryl methyl sites for hydroxylation is 1. The summed E-state index contributed by atoms with van der Waals surface area (Å²) < 4.78 is 33.5. The van der Waals surface area contributed by atoms with Gasteiger partial charge >= 0.3 is 0 Å². The van der Waals surface area contributed by atoms with Gasteiger partial charge in [-0.1, -0.05) is 62.4 Å². The van der Waals surface area contributed by atoms with Crippen LogP contribution in [0.1, 0.15) is 58.3 Å². The summed E-state index contributed by atoms with van der Waals surface area (Å²) in [5.41, 5.74) is 3.72. The highest BCUT2D eigenvalue weighted by molar-refractivity contribution is 7.92. The van der Waals surface area contributed by atoms with Gasteiger partial charge in [-0.25, -0.2) is 13.1 Å². The minimum atomic E-state index is -3.62. The summed E-state index contributed by atoms with van der Waals surface area (Å²) in [6.45, 7) is 8.14. The van der Waals surface area contributed by atoms with Gasteiger partial charge < -0.3 is 15.4 Å². The van der Waals surface area contributed by atoms with Gasteiger partial charge in [-0.3, -0.25) is 14.3 Å². The minimum absolute atomic E-state index is 0.134. The Morgan fingerprint density at radius 3 is 2.31 bits per heavy atom. The van der Waals surface area contributed by atoms with Crippen molar-refractivity contribution in [2.75, 3.05) is 23.4 Å². The van der Waals surface area contributed by atoms with E-state index in [0.717, 1.165) is 22.9 Å². The Kier molecular flexibility index (Phi) is 8.67. The number of nitrogens with zero attached hydrogens (tertiary/aromatic N) is 3. The van der Waals surface area contributed by atoms with E-state index in [9.17, 15) is 18.0 Å². The number of carbonyl (C=O) groups is 2. The largest absolute Gasteiger partial charge is 0.492 e. The highest BCUT2D eigenvalue weighted by atomic mass is 32.2. The second-order valence-electron chi connectivity index (χ2n) is 10.9. The molecule has 0 aliphatic rings. The highest BCUT2D eigenvalue weighted by Crippen LogP contribution is 2.39. The molecule has 0 saturated heterocycles.